The van der Waals surface area contributed by atoms with Crippen LogP contribution < -0.4 is 5.73 Å². The third kappa shape index (κ3) is 3.47. The van der Waals surface area contributed by atoms with Crippen molar-refractivity contribution < 1.29 is 10.0 Å². The van der Waals surface area contributed by atoms with E-state index in [1.54, 1.807) is 4.90 Å². The van der Waals surface area contributed by atoms with E-state index in [1.807, 2.05) is 39.8 Å². The normalized spacial score (nSPS) is 11.5. The van der Waals surface area contributed by atoms with Crippen LogP contribution in [-0.2, 0) is 0 Å². The molecule has 0 bridgehead atoms. The van der Waals surface area contributed by atoms with Crippen LogP contribution in [0, 0.1) is 20.8 Å². The summed E-state index contributed by atoms with van der Waals surface area (Å²) in [4.78, 5) is 14.1. The zero-order valence-corrected chi connectivity index (χ0v) is 11.9. The number of hydrogen-bond acceptors (Lipinski definition) is 3. The van der Waals surface area contributed by atoms with Crippen molar-refractivity contribution in [2.24, 2.45) is 10.9 Å². The van der Waals surface area contributed by atoms with Crippen LogP contribution in [0.5, 0.6) is 0 Å². The number of likely N-dealkylation sites (N-methyl/N-ethyl adjacent to an activating group) is 1. The maximum absolute atomic E-state index is 12.5. The molecule has 1 rings (SSSR count). The van der Waals surface area contributed by atoms with Crippen LogP contribution in [0.25, 0.3) is 0 Å². The summed E-state index contributed by atoms with van der Waals surface area (Å²) >= 11 is 0. The quantitative estimate of drug-likeness (QED) is 0.376. The lowest BCUT2D eigenvalue weighted by molar-refractivity contribution is 0.0784. The molecule has 1 aromatic carbocycles. The van der Waals surface area contributed by atoms with E-state index in [0.717, 1.165) is 16.7 Å². The second-order valence-electron chi connectivity index (χ2n) is 4.68. The van der Waals surface area contributed by atoms with E-state index >= 15 is 0 Å². The van der Waals surface area contributed by atoms with Crippen molar-refractivity contribution in [3.8, 4) is 0 Å². The van der Waals surface area contributed by atoms with E-state index < -0.39 is 0 Å². The Morgan fingerprint density at radius 2 is 1.84 bits per heavy atom. The number of amides is 1. The van der Waals surface area contributed by atoms with Gasteiger partial charge in [-0.05, 0) is 38.8 Å². The van der Waals surface area contributed by atoms with Gasteiger partial charge in [0.2, 0.25) is 0 Å². The Balaban J connectivity index is 3.11. The first-order valence-electron chi connectivity index (χ1n) is 6.24. The zero-order valence-electron chi connectivity index (χ0n) is 11.9. The minimum absolute atomic E-state index is 0.0256. The lowest BCUT2D eigenvalue weighted by Crippen LogP contribution is -2.39. The van der Waals surface area contributed by atoms with Crippen molar-refractivity contribution in [1.29, 1.82) is 0 Å². The molecule has 0 aromatic heterocycles. The molecule has 0 unspecified atom stereocenters. The monoisotopic (exact) mass is 263 g/mol. The Hall–Kier alpha value is -2.04. The van der Waals surface area contributed by atoms with Crippen LogP contribution in [-0.4, -0.2) is 34.9 Å². The van der Waals surface area contributed by atoms with Gasteiger partial charge in [0.1, 0.15) is 0 Å². The lowest BCUT2D eigenvalue weighted by Gasteiger charge is -2.22. The third-order valence-electron chi connectivity index (χ3n) is 3.04. The van der Waals surface area contributed by atoms with Gasteiger partial charge in [0.15, 0.2) is 5.84 Å². The highest BCUT2D eigenvalue weighted by molar-refractivity contribution is 5.99. The van der Waals surface area contributed by atoms with Crippen LogP contribution in [0.3, 0.4) is 0 Å². The molecule has 0 saturated heterocycles. The molecular weight excluding hydrogens is 242 g/mol. The van der Waals surface area contributed by atoms with Crippen LogP contribution in [0.1, 0.15) is 34.0 Å². The van der Waals surface area contributed by atoms with Gasteiger partial charge in [-0.3, -0.25) is 4.79 Å². The van der Waals surface area contributed by atoms with E-state index in [2.05, 4.69) is 5.16 Å². The van der Waals surface area contributed by atoms with E-state index in [9.17, 15) is 4.79 Å². The van der Waals surface area contributed by atoms with Crippen molar-refractivity contribution in [1.82, 2.24) is 4.90 Å². The molecule has 3 N–H and O–H groups in total. The fourth-order valence-electron chi connectivity index (χ4n) is 2.23. The van der Waals surface area contributed by atoms with E-state index in [-0.39, 0.29) is 18.3 Å². The molecule has 0 aliphatic carbocycles. The Bertz CT molecular complexity index is 486. The van der Waals surface area contributed by atoms with Crippen LogP contribution in [0.4, 0.5) is 0 Å². The number of amidine groups is 1. The molecule has 1 amide bonds. The molecular formula is C14H21N3O2. The average Bonchev–Trinajstić information content (AvgIpc) is 2.33. The first-order chi connectivity index (χ1) is 8.90. The minimum Gasteiger partial charge on any atom is -0.409 e. The molecule has 0 heterocycles. The van der Waals surface area contributed by atoms with Gasteiger partial charge < -0.3 is 15.8 Å². The zero-order chi connectivity index (χ0) is 14.6. The highest BCUT2D eigenvalue weighted by atomic mass is 16.4. The first-order valence-corrected chi connectivity index (χ1v) is 6.24. The summed E-state index contributed by atoms with van der Waals surface area (Å²) in [6.45, 7) is 8.33. The van der Waals surface area contributed by atoms with Gasteiger partial charge in [-0.1, -0.05) is 22.9 Å². The Morgan fingerprint density at radius 1 is 1.32 bits per heavy atom. The van der Waals surface area contributed by atoms with Gasteiger partial charge in [-0.15, -0.1) is 0 Å². The summed E-state index contributed by atoms with van der Waals surface area (Å²) in [7, 11) is 0. The summed E-state index contributed by atoms with van der Waals surface area (Å²) in [5.41, 5.74) is 9.18. The Morgan fingerprint density at radius 3 is 2.26 bits per heavy atom. The molecule has 5 heteroatoms. The van der Waals surface area contributed by atoms with E-state index in [1.165, 1.54) is 0 Å². The highest BCUT2D eigenvalue weighted by Gasteiger charge is 2.19. The number of rotatable bonds is 4. The number of carbonyl (C=O) groups excluding carboxylic acids is 1. The van der Waals surface area contributed by atoms with Crippen LogP contribution in [0.15, 0.2) is 17.3 Å². The number of nitrogens with zero attached hydrogens (tertiary/aromatic N) is 2. The van der Waals surface area contributed by atoms with E-state index in [4.69, 9.17) is 10.9 Å². The molecule has 0 saturated carbocycles. The number of nitrogens with two attached hydrogens (primary N) is 1. The van der Waals surface area contributed by atoms with Crippen molar-refractivity contribution in [3.05, 3.63) is 34.4 Å². The standard InChI is InChI=1S/C14H21N3O2/c1-5-17(8-12(15)16-19)14(18)13-10(3)6-9(2)7-11(13)4/h6-7,19H,5,8H2,1-4H3,(H2,15,16). The van der Waals surface area contributed by atoms with Crippen molar-refractivity contribution >= 4 is 11.7 Å². The summed E-state index contributed by atoms with van der Waals surface area (Å²) < 4.78 is 0. The Labute approximate surface area is 113 Å². The van der Waals surface area contributed by atoms with Gasteiger partial charge in [-0.2, -0.15) is 0 Å². The largest absolute Gasteiger partial charge is 0.409 e. The second kappa shape index (κ2) is 6.22. The maximum Gasteiger partial charge on any atom is 0.254 e. The summed E-state index contributed by atoms with van der Waals surface area (Å²) in [5.74, 6) is -0.0679. The molecule has 1 aromatic rings. The predicted molar refractivity (Wildman–Crippen MR) is 75.6 cm³/mol. The smallest absolute Gasteiger partial charge is 0.254 e. The van der Waals surface area contributed by atoms with Gasteiger partial charge in [0.25, 0.3) is 5.91 Å². The van der Waals surface area contributed by atoms with Crippen molar-refractivity contribution in [2.45, 2.75) is 27.7 Å². The third-order valence-corrected chi connectivity index (χ3v) is 3.04. The number of oxime groups is 1. The Kier molecular flexibility index (Phi) is 4.92. The van der Waals surface area contributed by atoms with Crippen LogP contribution >= 0.6 is 0 Å². The summed E-state index contributed by atoms with van der Waals surface area (Å²) in [6, 6.07) is 3.97. The number of hydrogen-bond donors (Lipinski definition) is 2. The summed E-state index contributed by atoms with van der Waals surface area (Å²) in [6.07, 6.45) is 0. The van der Waals surface area contributed by atoms with Crippen LogP contribution in [0.2, 0.25) is 0 Å². The SMILES string of the molecule is CCN(CC(N)=NO)C(=O)c1c(C)cc(C)cc1C. The second-order valence-corrected chi connectivity index (χ2v) is 4.68. The predicted octanol–water partition coefficient (Wildman–Crippen LogP) is 1.82. The van der Waals surface area contributed by atoms with Gasteiger partial charge in [0.05, 0.1) is 6.54 Å². The van der Waals surface area contributed by atoms with E-state index in [0.29, 0.717) is 12.1 Å². The number of benzene rings is 1. The fraction of sp³-hybridized carbons (Fsp3) is 0.429. The van der Waals surface area contributed by atoms with Gasteiger partial charge in [-0.25, -0.2) is 0 Å². The number of aryl methyl sites for hydroxylation is 3. The van der Waals surface area contributed by atoms with Gasteiger partial charge >= 0.3 is 0 Å². The molecule has 5 nitrogen and oxygen atoms in total. The fourth-order valence-corrected chi connectivity index (χ4v) is 2.23. The van der Waals surface area contributed by atoms with Crippen molar-refractivity contribution in [2.75, 3.05) is 13.1 Å². The topological polar surface area (TPSA) is 78.9 Å². The van der Waals surface area contributed by atoms with Crippen molar-refractivity contribution in [3.63, 3.8) is 0 Å². The molecule has 0 aliphatic heterocycles. The molecule has 0 aliphatic rings. The first kappa shape index (κ1) is 15.0. The highest BCUT2D eigenvalue weighted by Crippen LogP contribution is 2.18. The minimum atomic E-state index is -0.0934. The maximum atomic E-state index is 12.5. The molecule has 0 fully saturated rings. The summed E-state index contributed by atoms with van der Waals surface area (Å²) in [5, 5.41) is 11.5. The molecule has 19 heavy (non-hydrogen) atoms. The molecule has 104 valence electrons. The molecule has 0 atom stereocenters. The number of carbonyl (C=O) groups is 1. The average molecular weight is 263 g/mol. The molecule has 0 radical (unpaired) electrons. The molecule has 0 spiro atoms. The lowest BCUT2D eigenvalue weighted by atomic mass is 9.98. The van der Waals surface area contributed by atoms with Gasteiger partial charge in [0, 0.05) is 12.1 Å².